The summed E-state index contributed by atoms with van der Waals surface area (Å²) in [6.07, 6.45) is 17.4. The summed E-state index contributed by atoms with van der Waals surface area (Å²) in [5.41, 5.74) is 2.56. The predicted molar refractivity (Wildman–Crippen MR) is 145 cm³/mol. The Balaban J connectivity index is 1.33. The molecule has 0 amide bonds. The number of rotatable bonds is 10. The van der Waals surface area contributed by atoms with Crippen molar-refractivity contribution in [3.63, 3.8) is 0 Å². The van der Waals surface area contributed by atoms with Gasteiger partial charge in [-0.1, -0.05) is 50.0 Å². The minimum Gasteiger partial charge on any atom is -0.392 e. The topological polar surface area (TPSA) is 104 Å². The van der Waals surface area contributed by atoms with Crippen LogP contribution in [0.3, 0.4) is 0 Å². The molecule has 6 atom stereocenters. The fraction of sp³-hybridized carbons (Fsp3) is 0.833. The largest absolute Gasteiger partial charge is 0.392 e. The quantitative estimate of drug-likeness (QED) is 0.395. The van der Waals surface area contributed by atoms with E-state index in [1.54, 1.807) is 10.4 Å². The van der Waals surface area contributed by atoms with Crippen molar-refractivity contribution in [2.75, 3.05) is 0 Å². The molecule has 1 aromatic rings. The number of allylic oxidation sites excluding steroid dienone is 3. The molecule has 37 heavy (non-hydrogen) atoms. The number of aliphatic hydroxyl groups is 3. The van der Waals surface area contributed by atoms with Gasteiger partial charge in [-0.3, -0.25) is 0 Å². The zero-order chi connectivity index (χ0) is 26.6. The second-order valence-electron chi connectivity index (χ2n) is 13.2. The van der Waals surface area contributed by atoms with E-state index in [9.17, 15) is 15.3 Å². The lowest BCUT2D eigenvalue weighted by Gasteiger charge is -2.44. The number of aliphatic hydroxyl groups excluding tert-OH is 2. The molecule has 1 heterocycles. The summed E-state index contributed by atoms with van der Waals surface area (Å²) in [7, 11) is 0. The second-order valence-corrected chi connectivity index (χ2v) is 13.2. The standard InChI is InChI=1S/C30H50N4O3/c1-21(8-5-15-29(2,3)37)25-13-14-26-23(9-6-16-30(25,26)4)12-11-22-18-27(35)24(28(36)19-22)10-7-17-34-32-20-31-33-34/h11-12,20-21,24-28,35-37H,5-10,13-19H2,1-4H3/b22-11?,23-12+/t21-,24?,25-,26+,27-,28-,30-/m1/s1. The highest BCUT2D eigenvalue weighted by atomic mass is 16.3. The molecular formula is C30H50N4O3. The Morgan fingerprint density at radius 2 is 1.92 bits per heavy atom. The zero-order valence-electron chi connectivity index (χ0n) is 23.5. The van der Waals surface area contributed by atoms with Gasteiger partial charge in [0.05, 0.1) is 24.4 Å². The van der Waals surface area contributed by atoms with Gasteiger partial charge < -0.3 is 15.3 Å². The van der Waals surface area contributed by atoms with Gasteiger partial charge in [0, 0.05) is 5.92 Å². The number of aryl methyl sites for hydroxylation is 1. The second kappa shape index (κ2) is 12.1. The zero-order valence-corrected chi connectivity index (χ0v) is 23.5. The molecule has 7 heteroatoms. The third-order valence-electron chi connectivity index (χ3n) is 9.92. The van der Waals surface area contributed by atoms with Crippen molar-refractivity contribution in [2.24, 2.45) is 29.1 Å². The lowest BCUT2D eigenvalue weighted by molar-refractivity contribution is -0.0109. The van der Waals surface area contributed by atoms with Crippen molar-refractivity contribution in [3.05, 3.63) is 29.6 Å². The molecule has 0 bridgehead atoms. The molecule has 3 fully saturated rings. The van der Waals surface area contributed by atoms with Crippen LogP contribution in [0.25, 0.3) is 0 Å². The smallest absolute Gasteiger partial charge is 0.162 e. The average molecular weight is 515 g/mol. The number of tetrazole rings is 1. The highest BCUT2D eigenvalue weighted by Crippen LogP contribution is 2.60. The fourth-order valence-corrected chi connectivity index (χ4v) is 7.96. The van der Waals surface area contributed by atoms with E-state index in [1.165, 1.54) is 50.4 Å². The first-order chi connectivity index (χ1) is 17.6. The van der Waals surface area contributed by atoms with Crippen molar-refractivity contribution >= 4 is 0 Å². The van der Waals surface area contributed by atoms with Crippen molar-refractivity contribution in [1.29, 1.82) is 0 Å². The molecule has 208 valence electrons. The number of nitrogens with zero attached hydrogens (tertiary/aromatic N) is 4. The first kappa shape index (κ1) is 28.4. The van der Waals surface area contributed by atoms with Gasteiger partial charge >= 0.3 is 0 Å². The third-order valence-corrected chi connectivity index (χ3v) is 9.92. The Labute approximate surface area is 223 Å². The summed E-state index contributed by atoms with van der Waals surface area (Å²) < 4.78 is 0. The molecular weight excluding hydrogens is 464 g/mol. The molecule has 0 aliphatic heterocycles. The number of fused-ring (bicyclic) bond motifs is 1. The van der Waals surface area contributed by atoms with Crippen LogP contribution in [0, 0.1) is 29.1 Å². The number of hydrogen-bond acceptors (Lipinski definition) is 6. The van der Waals surface area contributed by atoms with Crippen molar-refractivity contribution in [3.8, 4) is 0 Å². The molecule has 0 unspecified atom stereocenters. The summed E-state index contributed by atoms with van der Waals surface area (Å²) in [6.45, 7) is 9.46. The van der Waals surface area contributed by atoms with Crippen LogP contribution >= 0.6 is 0 Å². The fourth-order valence-electron chi connectivity index (χ4n) is 7.96. The van der Waals surface area contributed by atoms with Crippen LogP contribution < -0.4 is 0 Å². The Bertz CT molecular complexity index is 908. The maximum atomic E-state index is 10.8. The van der Waals surface area contributed by atoms with E-state index in [0.717, 1.165) is 31.6 Å². The van der Waals surface area contributed by atoms with Gasteiger partial charge in [-0.15, -0.1) is 10.2 Å². The van der Waals surface area contributed by atoms with Crippen LogP contribution in [0.4, 0.5) is 0 Å². The van der Waals surface area contributed by atoms with Crippen LogP contribution in [0.15, 0.2) is 29.6 Å². The van der Waals surface area contributed by atoms with Gasteiger partial charge in [0.2, 0.25) is 0 Å². The highest BCUT2D eigenvalue weighted by molar-refractivity contribution is 5.26. The van der Waals surface area contributed by atoms with Crippen LogP contribution in [0.1, 0.15) is 105 Å². The van der Waals surface area contributed by atoms with E-state index < -0.39 is 17.8 Å². The molecule has 0 radical (unpaired) electrons. The predicted octanol–water partition coefficient (Wildman–Crippen LogP) is 5.23. The average Bonchev–Trinajstić information content (AvgIpc) is 3.46. The Morgan fingerprint density at radius 3 is 2.59 bits per heavy atom. The highest BCUT2D eigenvalue weighted by Gasteiger charge is 2.50. The van der Waals surface area contributed by atoms with E-state index in [1.807, 2.05) is 13.8 Å². The summed E-state index contributed by atoms with van der Waals surface area (Å²) in [5.74, 6) is 2.00. The molecule has 0 aromatic carbocycles. The molecule has 0 saturated heterocycles. The Kier molecular flexibility index (Phi) is 9.29. The molecule has 1 aromatic heterocycles. The van der Waals surface area contributed by atoms with Crippen LogP contribution in [-0.4, -0.2) is 53.3 Å². The van der Waals surface area contributed by atoms with Gasteiger partial charge in [-0.2, -0.15) is 4.80 Å². The number of aromatic nitrogens is 4. The summed E-state index contributed by atoms with van der Waals surface area (Å²) in [4.78, 5) is 1.56. The molecule has 3 aliphatic carbocycles. The van der Waals surface area contributed by atoms with E-state index in [2.05, 4.69) is 41.4 Å². The molecule has 0 spiro atoms. The van der Waals surface area contributed by atoms with Gasteiger partial charge in [0.1, 0.15) is 0 Å². The summed E-state index contributed by atoms with van der Waals surface area (Å²) in [5, 5.41) is 43.4. The van der Waals surface area contributed by atoms with Gasteiger partial charge in [0.25, 0.3) is 0 Å². The maximum Gasteiger partial charge on any atom is 0.162 e. The Hall–Kier alpha value is -1.57. The molecule has 4 rings (SSSR count). The van der Waals surface area contributed by atoms with Crippen molar-refractivity contribution in [1.82, 2.24) is 20.2 Å². The SMILES string of the molecule is C[C@H](CCCC(C)(C)O)[C@H]1CC[C@H]2/C(=C/C=C3C[C@@H](O)C(CCCn4ncnn4)[C@H](O)C3)CCC[C@]12C. The molecule has 3 aliphatic rings. The van der Waals surface area contributed by atoms with E-state index in [0.29, 0.717) is 36.6 Å². The maximum absolute atomic E-state index is 10.8. The van der Waals surface area contributed by atoms with Crippen LogP contribution in [0.5, 0.6) is 0 Å². The van der Waals surface area contributed by atoms with Gasteiger partial charge in [-0.05, 0) is 106 Å². The Morgan fingerprint density at radius 1 is 1.16 bits per heavy atom. The molecule has 7 nitrogen and oxygen atoms in total. The minimum atomic E-state index is -0.564. The third kappa shape index (κ3) is 7.10. The van der Waals surface area contributed by atoms with Crippen LogP contribution in [-0.2, 0) is 6.54 Å². The first-order valence-electron chi connectivity index (χ1n) is 14.7. The molecule has 3 saturated carbocycles. The van der Waals surface area contributed by atoms with E-state index >= 15 is 0 Å². The van der Waals surface area contributed by atoms with E-state index in [-0.39, 0.29) is 5.92 Å². The lowest BCUT2D eigenvalue weighted by Crippen LogP contribution is -2.37. The lowest BCUT2D eigenvalue weighted by atomic mass is 9.60. The summed E-state index contributed by atoms with van der Waals surface area (Å²) >= 11 is 0. The summed E-state index contributed by atoms with van der Waals surface area (Å²) in [6, 6.07) is 0. The van der Waals surface area contributed by atoms with Crippen molar-refractivity contribution in [2.45, 2.75) is 129 Å². The van der Waals surface area contributed by atoms with Gasteiger partial charge in [0.15, 0.2) is 6.33 Å². The molecule has 3 N–H and O–H groups in total. The van der Waals surface area contributed by atoms with Crippen LogP contribution in [0.2, 0.25) is 0 Å². The first-order valence-corrected chi connectivity index (χ1v) is 14.7. The van der Waals surface area contributed by atoms with Crippen molar-refractivity contribution < 1.29 is 15.3 Å². The normalized spacial score (nSPS) is 34.5. The van der Waals surface area contributed by atoms with E-state index in [4.69, 9.17) is 0 Å². The monoisotopic (exact) mass is 514 g/mol. The minimum absolute atomic E-state index is 0.0974. The number of hydrogen-bond donors (Lipinski definition) is 3. The van der Waals surface area contributed by atoms with Gasteiger partial charge in [-0.25, -0.2) is 0 Å².